The molecule has 0 spiro atoms. The van der Waals surface area contributed by atoms with E-state index in [1.165, 1.54) is 4.31 Å². The Morgan fingerprint density at radius 2 is 2.15 bits per heavy atom. The molecule has 0 aliphatic heterocycles. The van der Waals surface area contributed by atoms with Gasteiger partial charge in [-0.3, -0.25) is 5.10 Å². The van der Waals surface area contributed by atoms with Gasteiger partial charge in [-0.25, -0.2) is 8.42 Å². The van der Waals surface area contributed by atoms with Crippen LogP contribution < -0.4 is 5.32 Å². The molecule has 0 aliphatic carbocycles. The van der Waals surface area contributed by atoms with E-state index >= 15 is 0 Å². The number of hydrogen-bond acceptors (Lipinski definition) is 5. The van der Waals surface area contributed by atoms with Crippen molar-refractivity contribution in [3.8, 4) is 0 Å². The standard InChI is InChI=1S/C12H24N4O2S2/c1-9(6-7-19-5)16(4)20(17,18)12-10(2)14-15-11(12)8-13-3/h9,13H,6-8H2,1-5H3,(H,14,15). The van der Waals surface area contributed by atoms with E-state index in [2.05, 4.69) is 15.5 Å². The van der Waals surface area contributed by atoms with Crippen molar-refractivity contribution < 1.29 is 8.42 Å². The highest BCUT2D eigenvalue weighted by Gasteiger charge is 2.30. The number of sulfonamides is 1. The molecule has 1 unspecified atom stereocenters. The molecule has 1 atom stereocenters. The van der Waals surface area contributed by atoms with Gasteiger partial charge in [0.25, 0.3) is 0 Å². The fraction of sp³-hybridized carbons (Fsp3) is 0.750. The fourth-order valence-electron chi connectivity index (χ4n) is 1.95. The van der Waals surface area contributed by atoms with Gasteiger partial charge < -0.3 is 5.32 Å². The summed E-state index contributed by atoms with van der Waals surface area (Å²) in [5, 5.41) is 9.79. The number of thioether (sulfide) groups is 1. The molecule has 0 bridgehead atoms. The largest absolute Gasteiger partial charge is 0.314 e. The van der Waals surface area contributed by atoms with Crippen molar-refractivity contribution in [3.05, 3.63) is 11.4 Å². The number of hydrogen-bond donors (Lipinski definition) is 2. The first-order valence-corrected chi connectivity index (χ1v) is 9.35. The molecule has 0 saturated carbocycles. The first-order chi connectivity index (χ1) is 9.36. The minimum Gasteiger partial charge on any atom is -0.314 e. The summed E-state index contributed by atoms with van der Waals surface area (Å²) >= 11 is 1.72. The number of H-pyrrole nitrogens is 1. The Kier molecular flexibility index (Phi) is 6.50. The maximum atomic E-state index is 12.7. The molecule has 8 heteroatoms. The molecule has 1 rings (SSSR count). The Labute approximate surface area is 125 Å². The van der Waals surface area contributed by atoms with Gasteiger partial charge in [-0.15, -0.1) is 0 Å². The van der Waals surface area contributed by atoms with Gasteiger partial charge >= 0.3 is 0 Å². The molecule has 116 valence electrons. The summed E-state index contributed by atoms with van der Waals surface area (Å²) in [6, 6.07) is -0.0378. The second-order valence-electron chi connectivity index (χ2n) is 4.81. The Hall–Kier alpha value is -0.570. The van der Waals surface area contributed by atoms with Crippen molar-refractivity contribution in [3.63, 3.8) is 0 Å². The summed E-state index contributed by atoms with van der Waals surface area (Å²) in [5.74, 6) is 0.939. The minimum atomic E-state index is -3.52. The van der Waals surface area contributed by atoms with Crippen molar-refractivity contribution in [1.29, 1.82) is 0 Å². The predicted octanol–water partition coefficient (Wildman–Crippen LogP) is 1.20. The Balaban J connectivity index is 3.06. The summed E-state index contributed by atoms with van der Waals surface area (Å²) in [6.07, 6.45) is 2.85. The molecule has 0 radical (unpaired) electrons. The van der Waals surface area contributed by atoms with E-state index in [1.54, 1.807) is 32.8 Å². The van der Waals surface area contributed by atoms with Crippen molar-refractivity contribution in [1.82, 2.24) is 19.8 Å². The Morgan fingerprint density at radius 1 is 1.50 bits per heavy atom. The van der Waals surface area contributed by atoms with Crippen LogP contribution in [-0.4, -0.2) is 55.1 Å². The Bertz CT molecular complexity index is 528. The van der Waals surface area contributed by atoms with E-state index < -0.39 is 10.0 Å². The smallest absolute Gasteiger partial charge is 0.246 e. The van der Waals surface area contributed by atoms with Gasteiger partial charge in [0.05, 0.1) is 11.4 Å². The lowest BCUT2D eigenvalue weighted by Crippen LogP contribution is -2.36. The van der Waals surface area contributed by atoms with Crippen molar-refractivity contribution >= 4 is 21.8 Å². The summed E-state index contributed by atoms with van der Waals surface area (Å²) in [6.45, 7) is 4.09. The zero-order valence-electron chi connectivity index (χ0n) is 12.7. The van der Waals surface area contributed by atoms with Gasteiger partial charge in [0.15, 0.2) is 0 Å². The van der Waals surface area contributed by atoms with E-state index in [0.29, 0.717) is 22.8 Å². The molecule has 0 fully saturated rings. The summed E-state index contributed by atoms with van der Waals surface area (Å²) < 4.78 is 26.9. The number of aryl methyl sites for hydroxylation is 1. The molecule has 1 aromatic heterocycles. The third kappa shape index (κ3) is 3.75. The van der Waals surface area contributed by atoms with Crippen LogP contribution in [0.15, 0.2) is 4.90 Å². The van der Waals surface area contributed by atoms with Gasteiger partial charge in [0.1, 0.15) is 4.90 Å². The van der Waals surface area contributed by atoms with Gasteiger partial charge in [-0.1, -0.05) is 0 Å². The number of rotatable bonds is 8. The molecule has 6 nitrogen and oxygen atoms in total. The SMILES string of the molecule is CNCc1n[nH]c(C)c1S(=O)(=O)N(C)C(C)CCSC. The first-order valence-electron chi connectivity index (χ1n) is 6.51. The number of nitrogens with zero attached hydrogens (tertiary/aromatic N) is 2. The van der Waals surface area contributed by atoms with E-state index in [-0.39, 0.29) is 6.04 Å². The number of aromatic amines is 1. The lowest BCUT2D eigenvalue weighted by molar-refractivity contribution is 0.382. The zero-order valence-corrected chi connectivity index (χ0v) is 14.4. The molecule has 0 aromatic carbocycles. The van der Waals surface area contributed by atoms with Crippen molar-refractivity contribution in [2.75, 3.05) is 26.1 Å². The highest BCUT2D eigenvalue weighted by Crippen LogP contribution is 2.23. The third-order valence-corrected chi connectivity index (χ3v) is 6.12. The first kappa shape index (κ1) is 17.5. The van der Waals surface area contributed by atoms with E-state index in [0.717, 1.165) is 12.2 Å². The average Bonchev–Trinajstić information content (AvgIpc) is 2.77. The number of aromatic nitrogens is 2. The van der Waals surface area contributed by atoms with Crippen molar-refractivity contribution in [2.45, 2.75) is 37.8 Å². The highest BCUT2D eigenvalue weighted by molar-refractivity contribution is 7.98. The van der Waals surface area contributed by atoms with Crippen LogP contribution in [-0.2, 0) is 16.6 Å². The van der Waals surface area contributed by atoms with Crippen LogP contribution in [0.25, 0.3) is 0 Å². The number of nitrogens with one attached hydrogen (secondary N) is 2. The lowest BCUT2D eigenvalue weighted by atomic mass is 10.3. The Morgan fingerprint density at radius 3 is 2.70 bits per heavy atom. The van der Waals surface area contributed by atoms with Crippen molar-refractivity contribution in [2.24, 2.45) is 0 Å². The molecule has 0 amide bonds. The molecule has 2 N–H and O–H groups in total. The van der Waals surface area contributed by atoms with Gasteiger partial charge in [-0.2, -0.15) is 21.2 Å². The highest BCUT2D eigenvalue weighted by atomic mass is 32.2. The predicted molar refractivity (Wildman–Crippen MR) is 83.5 cm³/mol. The second kappa shape index (κ2) is 7.44. The van der Waals surface area contributed by atoms with Crippen LogP contribution in [0.2, 0.25) is 0 Å². The molecular formula is C12H24N4O2S2. The van der Waals surface area contributed by atoms with Crippen LogP contribution >= 0.6 is 11.8 Å². The summed E-state index contributed by atoms with van der Waals surface area (Å²) in [5.41, 5.74) is 1.12. The zero-order chi connectivity index (χ0) is 15.3. The second-order valence-corrected chi connectivity index (χ2v) is 7.73. The third-order valence-electron chi connectivity index (χ3n) is 3.30. The van der Waals surface area contributed by atoms with Gasteiger partial charge in [-0.05, 0) is 39.3 Å². The molecule has 0 saturated heterocycles. The van der Waals surface area contributed by atoms with Gasteiger partial charge in [0.2, 0.25) is 10.0 Å². The van der Waals surface area contributed by atoms with Crippen LogP contribution in [0.4, 0.5) is 0 Å². The molecule has 1 heterocycles. The maximum absolute atomic E-state index is 12.7. The van der Waals surface area contributed by atoms with E-state index in [1.807, 2.05) is 13.2 Å². The average molecular weight is 320 g/mol. The van der Waals surface area contributed by atoms with Gasteiger partial charge in [0, 0.05) is 19.6 Å². The van der Waals surface area contributed by atoms with Crippen LogP contribution in [0.3, 0.4) is 0 Å². The van der Waals surface area contributed by atoms with E-state index in [9.17, 15) is 8.42 Å². The molecular weight excluding hydrogens is 296 g/mol. The topological polar surface area (TPSA) is 78.1 Å². The normalized spacial score (nSPS) is 13.9. The van der Waals surface area contributed by atoms with Crippen LogP contribution in [0.1, 0.15) is 24.7 Å². The quantitative estimate of drug-likeness (QED) is 0.752. The molecule has 1 aromatic rings. The van der Waals surface area contributed by atoms with E-state index in [4.69, 9.17) is 0 Å². The lowest BCUT2D eigenvalue weighted by Gasteiger charge is -2.24. The fourth-order valence-corrected chi connectivity index (χ4v) is 4.24. The summed E-state index contributed by atoms with van der Waals surface area (Å²) in [4.78, 5) is 0.297. The molecule has 0 aliphatic rings. The van der Waals surface area contributed by atoms with Crippen LogP contribution in [0, 0.1) is 6.92 Å². The molecule has 20 heavy (non-hydrogen) atoms. The van der Waals surface area contributed by atoms with Crippen LogP contribution in [0.5, 0.6) is 0 Å². The maximum Gasteiger partial charge on any atom is 0.246 e. The summed E-state index contributed by atoms with van der Waals surface area (Å²) in [7, 11) is -0.115. The monoisotopic (exact) mass is 320 g/mol. The minimum absolute atomic E-state index is 0.0378.